The second kappa shape index (κ2) is 8.64. The Morgan fingerprint density at radius 1 is 1.21 bits per heavy atom. The molecule has 2 aliphatic rings. The van der Waals surface area contributed by atoms with Crippen LogP contribution in [-0.2, 0) is 9.53 Å². The molecule has 0 radical (unpaired) electrons. The topological polar surface area (TPSA) is 112 Å². The molecule has 1 aromatic carbocycles. The van der Waals surface area contributed by atoms with E-state index in [0.29, 0.717) is 66.2 Å². The van der Waals surface area contributed by atoms with E-state index in [1.54, 1.807) is 23.1 Å². The predicted octanol–water partition coefficient (Wildman–Crippen LogP) is 3.31. The first-order chi connectivity index (χ1) is 16.0. The van der Waals surface area contributed by atoms with Gasteiger partial charge in [-0.3, -0.25) is 9.59 Å². The zero-order valence-electron chi connectivity index (χ0n) is 17.2. The van der Waals surface area contributed by atoms with E-state index >= 15 is 0 Å². The number of aromatic nitrogens is 3. The Kier molecular flexibility index (Phi) is 5.53. The molecule has 2 amide bonds. The van der Waals surface area contributed by atoms with Crippen LogP contribution in [0, 0.1) is 5.82 Å². The SMILES string of the molecule is O=C1Nc2ncnc(Nc3ccc(F)c(Cl)c3)c2/C1=C/c1ccc(C(=O)N2CCOCC2)[nH]1. The number of nitrogens with one attached hydrogen (secondary N) is 3. The Morgan fingerprint density at radius 3 is 2.82 bits per heavy atom. The highest BCUT2D eigenvalue weighted by Crippen LogP contribution is 2.37. The van der Waals surface area contributed by atoms with Crippen LogP contribution in [0.25, 0.3) is 11.6 Å². The van der Waals surface area contributed by atoms with E-state index in [4.69, 9.17) is 16.3 Å². The number of hydrogen-bond acceptors (Lipinski definition) is 6. The number of anilines is 3. The summed E-state index contributed by atoms with van der Waals surface area (Å²) in [5, 5.41) is 5.72. The zero-order chi connectivity index (χ0) is 22.9. The summed E-state index contributed by atoms with van der Waals surface area (Å²) in [5.74, 6) is -0.335. The van der Waals surface area contributed by atoms with E-state index in [2.05, 4.69) is 25.6 Å². The van der Waals surface area contributed by atoms with Gasteiger partial charge in [0.25, 0.3) is 11.8 Å². The number of benzene rings is 1. The van der Waals surface area contributed by atoms with Crippen molar-refractivity contribution in [2.45, 2.75) is 0 Å². The minimum absolute atomic E-state index is 0.0421. The molecule has 2 aliphatic heterocycles. The average Bonchev–Trinajstić information content (AvgIpc) is 3.41. The summed E-state index contributed by atoms with van der Waals surface area (Å²) < 4.78 is 18.8. The van der Waals surface area contributed by atoms with E-state index in [1.807, 2.05) is 0 Å². The van der Waals surface area contributed by atoms with Crippen molar-refractivity contribution in [3.8, 4) is 0 Å². The maximum Gasteiger partial charge on any atom is 0.270 e. The van der Waals surface area contributed by atoms with Crippen molar-refractivity contribution in [3.05, 3.63) is 64.5 Å². The van der Waals surface area contributed by atoms with Gasteiger partial charge >= 0.3 is 0 Å². The molecular formula is C22H18ClFN6O3. The summed E-state index contributed by atoms with van der Waals surface area (Å²) in [5.41, 5.74) is 2.27. The van der Waals surface area contributed by atoms with Crippen LogP contribution < -0.4 is 10.6 Å². The molecule has 3 aromatic rings. The Bertz CT molecular complexity index is 1280. The molecule has 0 unspecified atom stereocenters. The lowest BCUT2D eigenvalue weighted by atomic mass is 10.1. The number of carbonyl (C=O) groups is 2. The number of hydrogen-bond donors (Lipinski definition) is 3. The lowest BCUT2D eigenvalue weighted by Crippen LogP contribution is -2.40. The van der Waals surface area contributed by atoms with Crippen molar-refractivity contribution in [1.29, 1.82) is 0 Å². The second-order valence-corrected chi connectivity index (χ2v) is 7.85. The average molecular weight is 469 g/mol. The van der Waals surface area contributed by atoms with Gasteiger partial charge in [0.15, 0.2) is 0 Å². The van der Waals surface area contributed by atoms with Gasteiger partial charge in [-0.15, -0.1) is 0 Å². The fourth-order valence-corrected chi connectivity index (χ4v) is 3.86. The van der Waals surface area contributed by atoms with Gasteiger partial charge < -0.3 is 25.3 Å². The van der Waals surface area contributed by atoms with Gasteiger partial charge in [-0.25, -0.2) is 14.4 Å². The first kappa shape index (κ1) is 21.1. The fraction of sp³-hybridized carbons (Fsp3) is 0.182. The third-order valence-electron chi connectivity index (χ3n) is 5.31. The smallest absolute Gasteiger partial charge is 0.270 e. The lowest BCUT2D eigenvalue weighted by Gasteiger charge is -2.26. The molecule has 168 valence electrons. The van der Waals surface area contributed by atoms with Gasteiger partial charge in [0.2, 0.25) is 0 Å². The van der Waals surface area contributed by atoms with Crippen LogP contribution in [0.1, 0.15) is 21.7 Å². The summed E-state index contributed by atoms with van der Waals surface area (Å²) in [4.78, 5) is 38.5. The third kappa shape index (κ3) is 4.18. The van der Waals surface area contributed by atoms with Crippen LogP contribution in [0.15, 0.2) is 36.7 Å². The van der Waals surface area contributed by atoms with Crippen LogP contribution in [0.4, 0.5) is 21.7 Å². The van der Waals surface area contributed by atoms with Crippen molar-refractivity contribution < 1.29 is 18.7 Å². The first-order valence-corrected chi connectivity index (χ1v) is 10.5. The van der Waals surface area contributed by atoms with Crippen LogP contribution in [0.5, 0.6) is 0 Å². The molecule has 1 saturated heterocycles. The molecule has 4 heterocycles. The van der Waals surface area contributed by atoms with Gasteiger partial charge in [0.05, 0.1) is 29.4 Å². The molecule has 11 heteroatoms. The molecule has 0 bridgehead atoms. The van der Waals surface area contributed by atoms with Crippen molar-refractivity contribution in [3.63, 3.8) is 0 Å². The van der Waals surface area contributed by atoms with Crippen LogP contribution in [-0.4, -0.2) is 58.0 Å². The highest BCUT2D eigenvalue weighted by Gasteiger charge is 2.30. The van der Waals surface area contributed by atoms with Crippen LogP contribution >= 0.6 is 11.6 Å². The highest BCUT2D eigenvalue weighted by atomic mass is 35.5. The Balaban J connectivity index is 1.45. The molecule has 0 saturated carbocycles. The number of rotatable bonds is 4. The van der Waals surface area contributed by atoms with Crippen molar-refractivity contribution in [2.24, 2.45) is 0 Å². The molecule has 0 atom stereocenters. The second-order valence-electron chi connectivity index (χ2n) is 7.44. The van der Waals surface area contributed by atoms with E-state index in [-0.39, 0.29) is 16.8 Å². The summed E-state index contributed by atoms with van der Waals surface area (Å²) in [6.45, 7) is 2.08. The Morgan fingerprint density at radius 2 is 2.03 bits per heavy atom. The van der Waals surface area contributed by atoms with Gasteiger partial charge in [-0.05, 0) is 36.4 Å². The number of amides is 2. The molecule has 0 spiro atoms. The number of ether oxygens (including phenoxy) is 1. The molecule has 0 aliphatic carbocycles. The molecule has 9 nitrogen and oxygen atoms in total. The molecule has 2 aromatic heterocycles. The van der Waals surface area contributed by atoms with Gasteiger partial charge in [-0.2, -0.15) is 0 Å². The number of H-pyrrole nitrogens is 1. The minimum Gasteiger partial charge on any atom is -0.378 e. The fourth-order valence-electron chi connectivity index (χ4n) is 3.68. The van der Waals surface area contributed by atoms with E-state index in [1.165, 1.54) is 24.5 Å². The van der Waals surface area contributed by atoms with Crippen LogP contribution in [0.2, 0.25) is 5.02 Å². The molecule has 1 fully saturated rings. The summed E-state index contributed by atoms with van der Waals surface area (Å²) >= 11 is 5.87. The number of nitrogens with zero attached hydrogens (tertiary/aromatic N) is 3. The maximum atomic E-state index is 13.5. The monoisotopic (exact) mass is 468 g/mol. The summed E-state index contributed by atoms with van der Waals surface area (Å²) in [6, 6.07) is 7.57. The minimum atomic E-state index is -0.540. The highest BCUT2D eigenvalue weighted by molar-refractivity contribution is 6.35. The van der Waals surface area contributed by atoms with Gasteiger partial charge in [0.1, 0.15) is 29.5 Å². The van der Waals surface area contributed by atoms with Crippen LogP contribution in [0.3, 0.4) is 0 Å². The molecule has 3 N–H and O–H groups in total. The van der Waals surface area contributed by atoms with E-state index in [9.17, 15) is 14.0 Å². The molecular weight excluding hydrogens is 451 g/mol. The lowest BCUT2D eigenvalue weighted by molar-refractivity contribution is -0.110. The predicted molar refractivity (Wildman–Crippen MR) is 121 cm³/mol. The number of carbonyl (C=O) groups excluding carboxylic acids is 2. The third-order valence-corrected chi connectivity index (χ3v) is 5.60. The zero-order valence-corrected chi connectivity index (χ0v) is 17.9. The van der Waals surface area contributed by atoms with E-state index < -0.39 is 5.82 Å². The maximum absolute atomic E-state index is 13.5. The Labute approximate surface area is 192 Å². The number of halogens is 2. The standard InChI is InChI=1S/C22H18ClFN6O3/c23-15-10-13(1-3-16(15)24)28-19-18-14(21(31)29-20(18)26-11-25-19)9-12-2-4-17(27-12)22(32)30-5-7-33-8-6-30/h1-4,9-11,27H,5-8H2,(H2,25,26,28,29,31)/b14-9-. The van der Waals surface area contributed by atoms with Crippen molar-refractivity contribution in [2.75, 3.05) is 36.9 Å². The normalized spacial score (nSPS) is 16.6. The number of aromatic amines is 1. The first-order valence-electron chi connectivity index (χ1n) is 10.2. The molecule has 5 rings (SSSR count). The summed E-state index contributed by atoms with van der Waals surface area (Å²) in [6.07, 6.45) is 2.94. The Hall–Kier alpha value is -3.76. The van der Waals surface area contributed by atoms with Gasteiger partial charge in [0, 0.05) is 24.5 Å². The summed E-state index contributed by atoms with van der Waals surface area (Å²) in [7, 11) is 0. The number of morpholine rings is 1. The molecule has 33 heavy (non-hydrogen) atoms. The van der Waals surface area contributed by atoms with Crippen molar-refractivity contribution in [1.82, 2.24) is 19.9 Å². The van der Waals surface area contributed by atoms with Gasteiger partial charge in [-0.1, -0.05) is 11.6 Å². The largest absolute Gasteiger partial charge is 0.378 e. The van der Waals surface area contributed by atoms with E-state index in [0.717, 1.165) is 0 Å². The quantitative estimate of drug-likeness (QED) is 0.506. The number of fused-ring (bicyclic) bond motifs is 1. The van der Waals surface area contributed by atoms with Crippen molar-refractivity contribution >= 4 is 52.4 Å².